The lowest BCUT2D eigenvalue weighted by atomic mass is 9.95. The van der Waals surface area contributed by atoms with E-state index in [-0.39, 0.29) is 0 Å². The number of nitrogens with one attached hydrogen (secondary N) is 1. The van der Waals surface area contributed by atoms with E-state index in [1.807, 2.05) is 0 Å². The molecule has 14 heavy (non-hydrogen) atoms. The van der Waals surface area contributed by atoms with Gasteiger partial charge in [0.2, 0.25) is 0 Å². The van der Waals surface area contributed by atoms with Crippen LogP contribution in [0.2, 0.25) is 0 Å². The molecule has 0 aliphatic heterocycles. The van der Waals surface area contributed by atoms with Crippen molar-refractivity contribution in [3.63, 3.8) is 0 Å². The lowest BCUT2D eigenvalue weighted by Crippen LogP contribution is -2.27. The highest BCUT2D eigenvalue weighted by Gasteiger charge is 2.09. The molecule has 0 heterocycles. The van der Waals surface area contributed by atoms with Crippen LogP contribution in [0, 0.1) is 11.8 Å². The molecule has 3 N–H and O–H groups in total. The lowest BCUT2D eigenvalue weighted by molar-refractivity contribution is 0.249. The topological polar surface area (TPSA) is 67.5 Å². The third-order valence-corrected chi connectivity index (χ3v) is 2.23. The number of amides is 2. The van der Waals surface area contributed by atoms with Gasteiger partial charge in [-0.25, -0.2) is 10.2 Å². The molecule has 0 bridgehead atoms. The minimum Gasteiger partial charge on any atom is -0.350 e. The van der Waals surface area contributed by atoms with E-state index in [2.05, 4.69) is 38.2 Å². The Hall–Kier alpha value is -1.06. The molecule has 2 amide bonds. The van der Waals surface area contributed by atoms with Crippen molar-refractivity contribution in [1.82, 2.24) is 5.43 Å². The number of rotatable bonds is 5. The molecular formula is C10H21N3O. The highest BCUT2D eigenvalue weighted by atomic mass is 16.2. The normalized spacial score (nSPS) is 14.2. The summed E-state index contributed by atoms with van der Waals surface area (Å²) in [7, 11) is 0. The van der Waals surface area contributed by atoms with Gasteiger partial charge in [0.05, 0.1) is 0 Å². The number of nitrogens with zero attached hydrogens (tertiary/aromatic N) is 1. The van der Waals surface area contributed by atoms with Crippen LogP contribution < -0.4 is 11.2 Å². The van der Waals surface area contributed by atoms with Crippen LogP contribution in [0.5, 0.6) is 0 Å². The fourth-order valence-electron chi connectivity index (χ4n) is 1.04. The molecule has 4 heteroatoms. The van der Waals surface area contributed by atoms with Crippen LogP contribution in [0.4, 0.5) is 4.79 Å². The summed E-state index contributed by atoms with van der Waals surface area (Å²) in [6.07, 6.45) is 2.02. The van der Waals surface area contributed by atoms with E-state index >= 15 is 0 Å². The Kier molecular flexibility index (Phi) is 5.92. The smallest absolute Gasteiger partial charge is 0.332 e. The van der Waals surface area contributed by atoms with Gasteiger partial charge in [-0.15, -0.1) is 0 Å². The largest absolute Gasteiger partial charge is 0.350 e. The average Bonchev–Trinajstić information content (AvgIpc) is 2.10. The first-order valence-corrected chi connectivity index (χ1v) is 5.09. The third-order valence-electron chi connectivity index (χ3n) is 2.23. The number of primary amides is 1. The highest BCUT2D eigenvalue weighted by Crippen LogP contribution is 2.12. The molecule has 0 rings (SSSR count). The second kappa shape index (κ2) is 6.40. The van der Waals surface area contributed by atoms with Gasteiger partial charge in [0.15, 0.2) is 0 Å². The Morgan fingerprint density at radius 1 is 1.43 bits per heavy atom. The lowest BCUT2D eigenvalue weighted by Gasteiger charge is -2.13. The number of nitrogens with two attached hydrogens (primary N) is 1. The quantitative estimate of drug-likeness (QED) is 0.516. The van der Waals surface area contributed by atoms with Crippen LogP contribution in [0.25, 0.3) is 0 Å². The van der Waals surface area contributed by atoms with E-state index < -0.39 is 6.03 Å². The second-order valence-electron chi connectivity index (χ2n) is 3.95. The van der Waals surface area contributed by atoms with Crippen molar-refractivity contribution in [1.29, 1.82) is 0 Å². The maximum atomic E-state index is 10.5. The molecule has 0 aromatic carbocycles. The van der Waals surface area contributed by atoms with Gasteiger partial charge < -0.3 is 5.73 Å². The molecule has 0 fully saturated rings. The van der Waals surface area contributed by atoms with Crippen molar-refractivity contribution >= 4 is 11.7 Å². The first-order chi connectivity index (χ1) is 6.47. The number of urea groups is 1. The van der Waals surface area contributed by atoms with Crippen LogP contribution in [0.1, 0.15) is 40.5 Å². The summed E-state index contributed by atoms with van der Waals surface area (Å²) in [5, 5.41) is 4.00. The van der Waals surface area contributed by atoms with Crippen molar-refractivity contribution in [2.24, 2.45) is 22.7 Å². The number of hydrogen-bond acceptors (Lipinski definition) is 2. The molecule has 0 saturated heterocycles. The van der Waals surface area contributed by atoms with Crippen LogP contribution >= 0.6 is 0 Å². The number of hydrogen-bond donors (Lipinski definition) is 2. The van der Waals surface area contributed by atoms with Crippen LogP contribution in [0.3, 0.4) is 0 Å². The van der Waals surface area contributed by atoms with Gasteiger partial charge in [-0.2, -0.15) is 5.10 Å². The fraction of sp³-hybridized carbons (Fsp3) is 0.800. The summed E-state index contributed by atoms with van der Waals surface area (Å²) in [5.41, 5.74) is 8.23. The maximum absolute atomic E-state index is 10.5. The van der Waals surface area contributed by atoms with Gasteiger partial charge in [-0.3, -0.25) is 0 Å². The Bertz CT molecular complexity index is 211. The summed E-state index contributed by atoms with van der Waals surface area (Å²) in [6.45, 7) is 8.43. The Morgan fingerprint density at radius 2 is 2.00 bits per heavy atom. The third kappa shape index (κ3) is 5.56. The Labute approximate surface area is 85.9 Å². The van der Waals surface area contributed by atoms with Gasteiger partial charge in [0, 0.05) is 5.71 Å². The molecule has 0 aromatic rings. The summed E-state index contributed by atoms with van der Waals surface area (Å²) in [4.78, 5) is 10.5. The second-order valence-corrected chi connectivity index (χ2v) is 3.95. The summed E-state index contributed by atoms with van der Waals surface area (Å²) < 4.78 is 0. The van der Waals surface area contributed by atoms with Crippen molar-refractivity contribution in [2.45, 2.75) is 40.5 Å². The molecule has 0 radical (unpaired) electrons. The predicted molar refractivity (Wildman–Crippen MR) is 59.1 cm³/mol. The Morgan fingerprint density at radius 3 is 2.36 bits per heavy atom. The Balaban J connectivity index is 4.28. The summed E-state index contributed by atoms with van der Waals surface area (Å²) in [6, 6.07) is -0.604. The summed E-state index contributed by atoms with van der Waals surface area (Å²) >= 11 is 0. The first kappa shape index (κ1) is 12.9. The number of carbonyl (C=O) groups excluding carboxylic acids is 1. The van der Waals surface area contributed by atoms with Crippen molar-refractivity contribution in [3.8, 4) is 0 Å². The summed E-state index contributed by atoms with van der Waals surface area (Å²) in [5.74, 6) is 0.932. The zero-order valence-corrected chi connectivity index (χ0v) is 9.50. The first-order valence-electron chi connectivity index (χ1n) is 5.09. The number of hydrazone groups is 1. The highest BCUT2D eigenvalue weighted by molar-refractivity contribution is 5.87. The van der Waals surface area contributed by atoms with Gasteiger partial charge in [-0.05, 0) is 18.3 Å². The monoisotopic (exact) mass is 199 g/mol. The van der Waals surface area contributed by atoms with Gasteiger partial charge in [0.1, 0.15) is 0 Å². The van der Waals surface area contributed by atoms with E-state index in [1.165, 1.54) is 0 Å². The zero-order chi connectivity index (χ0) is 11.1. The van der Waals surface area contributed by atoms with Crippen molar-refractivity contribution in [3.05, 3.63) is 0 Å². The van der Waals surface area contributed by atoms with E-state index in [9.17, 15) is 4.79 Å². The zero-order valence-electron chi connectivity index (χ0n) is 9.50. The van der Waals surface area contributed by atoms with Crippen LogP contribution in [-0.4, -0.2) is 11.7 Å². The van der Waals surface area contributed by atoms with Gasteiger partial charge in [0.25, 0.3) is 0 Å². The predicted octanol–water partition coefficient (Wildman–Crippen LogP) is 2.10. The van der Waals surface area contributed by atoms with E-state index in [1.54, 1.807) is 0 Å². The molecular weight excluding hydrogens is 178 g/mol. The van der Waals surface area contributed by atoms with Crippen LogP contribution in [0.15, 0.2) is 5.10 Å². The standard InChI is InChI=1S/C10H21N3O/c1-5-8(4)6-9(7(2)3)12-13-10(11)14/h7-8H,5-6H2,1-4H3,(H3,11,13,14)/b12-9-. The van der Waals surface area contributed by atoms with Crippen molar-refractivity contribution < 1.29 is 4.79 Å². The SMILES string of the molecule is CCC(C)C/C(=N/NC(N)=O)C(C)C. The molecule has 0 aliphatic rings. The fourth-order valence-corrected chi connectivity index (χ4v) is 1.04. The van der Waals surface area contributed by atoms with Crippen LogP contribution in [-0.2, 0) is 0 Å². The number of carbonyl (C=O) groups is 1. The van der Waals surface area contributed by atoms with Gasteiger partial charge >= 0.3 is 6.03 Å². The molecule has 0 aromatic heterocycles. The molecule has 0 spiro atoms. The van der Waals surface area contributed by atoms with E-state index in [0.29, 0.717) is 11.8 Å². The minimum atomic E-state index is -0.604. The molecule has 4 nitrogen and oxygen atoms in total. The average molecular weight is 199 g/mol. The molecule has 0 aliphatic carbocycles. The molecule has 82 valence electrons. The maximum Gasteiger partial charge on any atom is 0.332 e. The minimum absolute atomic E-state index is 0.343. The van der Waals surface area contributed by atoms with E-state index in [4.69, 9.17) is 5.73 Å². The molecule has 0 saturated carbocycles. The van der Waals surface area contributed by atoms with Crippen molar-refractivity contribution in [2.75, 3.05) is 0 Å². The molecule has 1 unspecified atom stereocenters. The molecule has 1 atom stereocenters. The van der Waals surface area contributed by atoms with Gasteiger partial charge in [-0.1, -0.05) is 34.1 Å². The van der Waals surface area contributed by atoms with E-state index in [0.717, 1.165) is 18.6 Å².